The summed E-state index contributed by atoms with van der Waals surface area (Å²) in [4.78, 5) is 12.3. The molecule has 3 aromatic rings. The van der Waals surface area contributed by atoms with Gasteiger partial charge in [0, 0.05) is 24.0 Å². The topological polar surface area (TPSA) is 64.7 Å². The number of aromatic nitrogens is 4. The first-order valence-corrected chi connectivity index (χ1v) is 8.12. The van der Waals surface area contributed by atoms with Crippen LogP contribution in [0.4, 0.5) is 5.69 Å². The molecule has 0 aliphatic carbocycles. The minimum absolute atomic E-state index is 0.192. The highest BCUT2D eigenvalue weighted by Crippen LogP contribution is 2.18. The average Bonchev–Trinajstić information content (AvgIpc) is 3.16. The summed E-state index contributed by atoms with van der Waals surface area (Å²) in [6, 6.07) is 7.55. The zero-order valence-electron chi connectivity index (χ0n) is 12.9. The summed E-state index contributed by atoms with van der Waals surface area (Å²) in [6.45, 7) is 3.08. The Labute approximate surface area is 149 Å². The molecule has 124 valence electrons. The standard InChI is InChI=1S/C16H15Cl2N5O/c1-2-22-10-14(18)15(21-22)16(24)20-12-7-19-23(9-12)8-11-5-3-4-6-13(11)17/h3-7,9-10H,2,8H2,1H3,(H,20,24). The molecule has 2 aromatic heterocycles. The number of hydrogen-bond donors (Lipinski definition) is 1. The molecule has 24 heavy (non-hydrogen) atoms. The van der Waals surface area contributed by atoms with Crippen molar-refractivity contribution in [3.05, 3.63) is 64.2 Å². The maximum atomic E-state index is 12.3. The number of aryl methyl sites for hydroxylation is 1. The number of anilines is 1. The SMILES string of the molecule is CCn1cc(Cl)c(C(=O)Nc2cnn(Cc3ccccc3Cl)c2)n1. The highest BCUT2D eigenvalue weighted by molar-refractivity contribution is 6.34. The molecule has 1 aromatic carbocycles. The molecule has 1 amide bonds. The van der Waals surface area contributed by atoms with E-state index in [4.69, 9.17) is 23.2 Å². The van der Waals surface area contributed by atoms with Gasteiger partial charge >= 0.3 is 0 Å². The van der Waals surface area contributed by atoms with Crippen molar-refractivity contribution in [1.82, 2.24) is 19.6 Å². The van der Waals surface area contributed by atoms with Crippen molar-refractivity contribution >= 4 is 34.8 Å². The Morgan fingerprint density at radius 1 is 1.17 bits per heavy atom. The fraction of sp³-hybridized carbons (Fsp3) is 0.188. The van der Waals surface area contributed by atoms with E-state index in [1.165, 1.54) is 0 Å². The minimum atomic E-state index is -0.371. The van der Waals surface area contributed by atoms with Gasteiger partial charge in [-0.15, -0.1) is 0 Å². The van der Waals surface area contributed by atoms with Gasteiger partial charge in [0.05, 0.1) is 23.5 Å². The highest BCUT2D eigenvalue weighted by Gasteiger charge is 2.16. The van der Waals surface area contributed by atoms with Crippen molar-refractivity contribution in [3.63, 3.8) is 0 Å². The summed E-state index contributed by atoms with van der Waals surface area (Å²) >= 11 is 12.2. The second kappa shape index (κ2) is 7.07. The Kier molecular flexibility index (Phi) is 4.87. The number of benzene rings is 1. The van der Waals surface area contributed by atoms with Crippen LogP contribution in [0.3, 0.4) is 0 Å². The number of hydrogen-bond acceptors (Lipinski definition) is 3. The van der Waals surface area contributed by atoms with Crippen LogP contribution >= 0.6 is 23.2 Å². The average molecular weight is 364 g/mol. The zero-order valence-corrected chi connectivity index (χ0v) is 14.4. The second-order valence-electron chi connectivity index (χ2n) is 5.15. The van der Waals surface area contributed by atoms with Gasteiger partial charge in [-0.3, -0.25) is 14.2 Å². The fourth-order valence-corrected chi connectivity index (χ4v) is 2.65. The van der Waals surface area contributed by atoms with Crippen LogP contribution in [0.25, 0.3) is 0 Å². The number of nitrogens with zero attached hydrogens (tertiary/aromatic N) is 4. The lowest BCUT2D eigenvalue weighted by Gasteiger charge is -2.04. The molecule has 0 fully saturated rings. The van der Waals surface area contributed by atoms with Gasteiger partial charge in [-0.05, 0) is 18.6 Å². The van der Waals surface area contributed by atoms with E-state index in [0.29, 0.717) is 28.8 Å². The normalized spacial score (nSPS) is 10.8. The molecule has 8 heteroatoms. The van der Waals surface area contributed by atoms with E-state index >= 15 is 0 Å². The highest BCUT2D eigenvalue weighted by atomic mass is 35.5. The lowest BCUT2D eigenvalue weighted by atomic mass is 10.2. The van der Waals surface area contributed by atoms with E-state index in [1.807, 2.05) is 31.2 Å². The van der Waals surface area contributed by atoms with E-state index in [2.05, 4.69) is 15.5 Å². The summed E-state index contributed by atoms with van der Waals surface area (Å²) in [5.41, 5.74) is 1.71. The molecular formula is C16H15Cl2N5O. The van der Waals surface area contributed by atoms with Crippen LogP contribution in [0.5, 0.6) is 0 Å². The lowest BCUT2D eigenvalue weighted by Crippen LogP contribution is -2.13. The summed E-state index contributed by atoms with van der Waals surface area (Å²) in [6.07, 6.45) is 4.92. The van der Waals surface area contributed by atoms with Crippen LogP contribution in [0.15, 0.2) is 42.9 Å². The predicted molar refractivity (Wildman–Crippen MR) is 93.6 cm³/mol. The predicted octanol–water partition coefficient (Wildman–Crippen LogP) is 3.71. The van der Waals surface area contributed by atoms with Gasteiger partial charge in [-0.2, -0.15) is 10.2 Å². The van der Waals surface area contributed by atoms with Crippen molar-refractivity contribution < 1.29 is 4.79 Å². The van der Waals surface area contributed by atoms with Gasteiger partial charge in [0.1, 0.15) is 0 Å². The third-order valence-corrected chi connectivity index (χ3v) is 4.08. The van der Waals surface area contributed by atoms with Crippen LogP contribution in [0.1, 0.15) is 23.0 Å². The summed E-state index contributed by atoms with van der Waals surface area (Å²) in [5, 5.41) is 12.1. The minimum Gasteiger partial charge on any atom is -0.318 e. The summed E-state index contributed by atoms with van der Waals surface area (Å²) in [7, 11) is 0. The lowest BCUT2D eigenvalue weighted by molar-refractivity contribution is 0.102. The second-order valence-corrected chi connectivity index (χ2v) is 5.97. The Bertz CT molecular complexity index is 871. The molecule has 3 rings (SSSR count). The van der Waals surface area contributed by atoms with Crippen LogP contribution < -0.4 is 5.32 Å². The Hall–Kier alpha value is -2.31. The smallest absolute Gasteiger partial charge is 0.277 e. The number of rotatable bonds is 5. The molecule has 0 bridgehead atoms. The Morgan fingerprint density at radius 3 is 2.67 bits per heavy atom. The van der Waals surface area contributed by atoms with Crippen molar-refractivity contribution in [2.45, 2.75) is 20.0 Å². The van der Waals surface area contributed by atoms with Gasteiger partial charge in [0.2, 0.25) is 0 Å². The van der Waals surface area contributed by atoms with Crippen molar-refractivity contribution in [2.75, 3.05) is 5.32 Å². The fourth-order valence-electron chi connectivity index (χ4n) is 2.22. The molecule has 0 aliphatic rings. The zero-order chi connectivity index (χ0) is 17.1. The van der Waals surface area contributed by atoms with Crippen LogP contribution in [-0.2, 0) is 13.1 Å². The van der Waals surface area contributed by atoms with Gasteiger partial charge in [-0.25, -0.2) is 0 Å². The van der Waals surface area contributed by atoms with E-state index in [-0.39, 0.29) is 11.6 Å². The number of halogens is 2. The third-order valence-electron chi connectivity index (χ3n) is 3.44. The van der Waals surface area contributed by atoms with E-state index in [0.717, 1.165) is 5.56 Å². The molecule has 2 heterocycles. The van der Waals surface area contributed by atoms with Gasteiger partial charge in [-0.1, -0.05) is 41.4 Å². The number of carbonyl (C=O) groups excluding carboxylic acids is 1. The largest absolute Gasteiger partial charge is 0.318 e. The molecule has 6 nitrogen and oxygen atoms in total. The van der Waals surface area contributed by atoms with Crippen LogP contribution in [-0.4, -0.2) is 25.5 Å². The number of nitrogens with one attached hydrogen (secondary N) is 1. The molecule has 0 radical (unpaired) electrons. The maximum Gasteiger partial charge on any atom is 0.277 e. The number of amides is 1. The van der Waals surface area contributed by atoms with Crippen LogP contribution in [0.2, 0.25) is 10.0 Å². The molecule has 1 N–H and O–H groups in total. The first kappa shape index (κ1) is 16.5. The molecular weight excluding hydrogens is 349 g/mol. The Balaban J connectivity index is 1.70. The van der Waals surface area contributed by atoms with Crippen molar-refractivity contribution in [2.24, 2.45) is 0 Å². The van der Waals surface area contributed by atoms with Crippen LogP contribution in [0, 0.1) is 0 Å². The van der Waals surface area contributed by atoms with E-state index in [1.54, 1.807) is 28.0 Å². The Morgan fingerprint density at radius 2 is 1.96 bits per heavy atom. The van der Waals surface area contributed by atoms with Gasteiger partial charge in [0.25, 0.3) is 5.91 Å². The first-order valence-electron chi connectivity index (χ1n) is 7.37. The summed E-state index contributed by atoms with van der Waals surface area (Å²) in [5.74, 6) is -0.371. The van der Waals surface area contributed by atoms with Crippen molar-refractivity contribution in [1.29, 1.82) is 0 Å². The van der Waals surface area contributed by atoms with Crippen molar-refractivity contribution in [3.8, 4) is 0 Å². The molecule has 0 aliphatic heterocycles. The molecule has 0 spiro atoms. The van der Waals surface area contributed by atoms with Gasteiger partial charge < -0.3 is 5.32 Å². The third kappa shape index (κ3) is 3.60. The van der Waals surface area contributed by atoms with E-state index in [9.17, 15) is 4.79 Å². The summed E-state index contributed by atoms with van der Waals surface area (Å²) < 4.78 is 3.31. The molecule has 0 saturated heterocycles. The molecule has 0 saturated carbocycles. The monoisotopic (exact) mass is 363 g/mol. The quantitative estimate of drug-likeness (QED) is 0.751. The molecule has 0 atom stereocenters. The number of carbonyl (C=O) groups is 1. The van der Waals surface area contributed by atoms with E-state index < -0.39 is 0 Å². The molecule has 0 unspecified atom stereocenters. The maximum absolute atomic E-state index is 12.3. The first-order chi connectivity index (χ1) is 11.6. The van der Waals surface area contributed by atoms with Gasteiger partial charge in [0.15, 0.2) is 5.69 Å².